The molecule has 1 N–H and O–H groups in total. The Kier molecular flexibility index (Phi) is 6.48. The van der Waals surface area contributed by atoms with E-state index in [9.17, 15) is 8.42 Å². The summed E-state index contributed by atoms with van der Waals surface area (Å²) in [6, 6.07) is 5.31. The number of hydrogen-bond acceptors (Lipinski definition) is 3. The number of benzene rings is 1. The molecule has 0 aliphatic heterocycles. The largest absolute Gasteiger partial charge is 0.494 e. The first-order valence-electron chi connectivity index (χ1n) is 8.77. The van der Waals surface area contributed by atoms with Crippen molar-refractivity contribution in [3.63, 3.8) is 0 Å². The lowest BCUT2D eigenvalue weighted by Gasteiger charge is -2.23. The molecule has 0 aromatic heterocycles. The van der Waals surface area contributed by atoms with Crippen LogP contribution in [0, 0.1) is 0 Å². The van der Waals surface area contributed by atoms with E-state index in [1.54, 1.807) is 18.2 Å². The molecule has 130 valence electrons. The average Bonchev–Trinajstić information content (AvgIpc) is 2.55. The molecule has 2 rings (SSSR count). The van der Waals surface area contributed by atoms with Gasteiger partial charge in [-0.3, -0.25) is 0 Å². The first-order chi connectivity index (χ1) is 11.0. The zero-order valence-corrected chi connectivity index (χ0v) is 15.3. The highest BCUT2D eigenvalue weighted by molar-refractivity contribution is 7.89. The first kappa shape index (κ1) is 18.3. The highest BCUT2D eigenvalue weighted by Gasteiger charge is 2.23. The molecule has 23 heavy (non-hydrogen) atoms. The van der Waals surface area contributed by atoms with Crippen molar-refractivity contribution in [2.75, 3.05) is 6.61 Å². The third-order valence-electron chi connectivity index (χ3n) is 4.66. The minimum atomic E-state index is -3.46. The maximum absolute atomic E-state index is 12.7. The molecule has 1 aliphatic rings. The van der Waals surface area contributed by atoms with Gasteiger partial charge in [0, 0.05) is 6.04 Å². The topological polar surface area (TPSA) is 55.4 Å². The second kappa shape index (κ2) is 8.15. The summed E-state index contributed by atoms with van der Waals surface area (Å²) in [5, 5.41) is 0. The monoisotopic (exact) mass is 339 g/mol. The molecule has 1 aromatic rings. The van der Waals surface area contributed by atoms with Crippen LogP contribution in [0.15, 0.2) is 23.1 Å². The van der Waals surface area contributed by atoms with Crippen molar-refractivity contribution in [1.82, 2.24) is 4.72 Å². The van der Waals surface area contributed by atoms with Crippen molar-refractivity contribution in [3.05, 3.63) is 23.8 Å². The minimum Gasteiger partial charge on any atom is -0.494 e. The lowest BCUT2D eigenvalue weighted by molar-refractivity contribution is 0.334. The molecule has 0 bridgehead atoms. The molecular weight excluding hydrogens is 310 g/mol. The molecule has 0 unspecified atom stereocenters. The SMILES string of the molecule is CCOc1ccc(S(=O)(=O)NC2CCCCC2)cc1[C@H](C)CC. The molecule has 0 spiro atoms. The summed E-state index contributed by atoms with van der Waals surface area (Å²) in [4.78, 5) is 0.349. The summed E-state index contributed by atoms with van der Waals surface area (Å²) < 4.78 is 33.9. The third kappa shape index (κ3) is 4.70. The molecule has 1 saturated carbocycles. The van der Waals surface area contributed by atoms with Crippen LogP contribution >= 0.6 is 0 Å². The van der Waals surface area contributed by atoms with Gasteiger partial charge in [0.05, 0.1) is 11.5 Å². The van der Waals surface area contributed by atoms with Crippen LogP contribution in [0.2, 0.25) is 0 Å². The van der Waals surface area contributed by atoms with Crippen LogP contribution in [-0.4, -0.2) is 21.1 Å². The molecule has 5 heteroatoms. The normalized spacial score (nSPS) is 17.9. The minimum absolute atomic E-state index is 0.0763. The van der Waals surface area contributed by atoms with Gasteiger partial charge in [0.25, 0.3) is 0 Å². The van der Waals surface area contributed by atoms with E-state index in [1.165, 1.54) is 6.42 Å². The fourth-order valence-corrected chi connectivity index (χ4v) is 4.43. The Morgan fingerprint density at radius 3 is 2.52 bits per heavy atom. The van der Waals surface area contributed by atoms with Gasteiger partial charge in [-0.15, -0.1) is 0 Å². The van der Waals surface area contributed by atoms with Crippen LogP contribution in [0.4, 0.5) is 0 Å². The number of nitrogens with one attached hydrogen (secondary N) is 1. The van der Waals surface area contributed by atoms with Gasteiger partial charge in [0.1, 0.15) is 5.75 Å². The van der Waals surface area contributed by atoms with Crippen molar-refractivity contribution in [2.24, 2.45) is 0 Å². The molecule has 1 atom stereocenters. The summed E-state index contributed by atoms with van der Waals surface area (Å²) in [6.07, 6.45) is 6.24. The average molecular weight is 340 g/mol. The predicted molar refractivity (Wildman–Crippen MR) is 93.5 cm³/mol. The molecule has 4 nitrogen and oxygen atoms in total. The number of rotatable bonds is 7. The number of hydrogen-bond donors (Lipinski definition) is 1. The Morgan fingerprint density at radius 2 is 1.91 bits per heavy atom. The van der Waals surface area contributed by atoms with E-state index in [1.807, 2.05) is 6.92 Å². The summed E-state index contributed by atoms with van der Waals surface area (Å²) in [5.41, 5.74) is 0.973. The van der Waals surface area contributed by atoms with Gasteiger partial charge >= 0.3 is 0 Å². The number of ether oxygens (including phenoxy) is 1. The van der Waals surface area contributed by atoms with Crippen LogP contribution in [0.1, 0.15) is 70.8 Å². The summed E-state index contributed by atoms with van der Waals surface area (Å²) in [7, 11) is -3.46. The summed E-state index contributed by atoms with van der Waals surface area (Å²) >= 11 is 0. The van der Waals surface area contributed by atoms with Crippen LogP contribution in [0.3, 0.4) is 0 Å². The van der Waals surface area contributed by atoms with Crippen LogP contribution in [0.25, 0.3) is 0 Å². The molecule has 0 heterocycles. The second-order valence-electron chi connectivity index (χ2n) is 6.40. The Hall–Kier alpha value is -1.07. The van der Waals surface area contributed by atoms with Gasteiger partial charge in [-0.1, -0.05) is 33.1 Å². The van der Waals surface area contributed by atoms with E-state index in [0.717, 1.165) is 43.4 Å². The Labute approximate surface area is 140 Å². The van der Waals surface area contributed by atoms with Gasteiger partial charge in [0.15, 0.2) is 0 Å². The molecule has 1 aromatic carbocycles. The van der Waals surface area contributed by atoms with Gasteiger partial charge in [-0.05, 0) is 55.9 Å². The van der Waals surface area contributed by atoms with Crippen molar-refractivity contribution < 1.29 is 13.2 Å². The van der Waals surface area contributed by atoms with Crippen molar-refractivity contribution >= 4 is 10.0 Å². The van der Waals surface area contributed by atoms with E-state index in [4.69, 9.17) is 4.74 Å². The van der Waals surface area contributed by atoms with Gasteiger partial charge in [0.2, 0.25) is 10.0 Å². The van der Waals surface area contributed by atoms with Gasteiger partial charge in [-0.2, -0.15) is 0 Å². The quantitative estimate of drug-likeness (QED) is 0.809. The van der Waals surface area contributed by atoms with Crippen molar-refractivity contribution in [3.8, 4) is 5.75 Å². The highest BCUT2D eigenvalue weighted by atomic mass is 32.2. The fourth-order valence-electron chi connectivity index (χ4n) is 3.09. The van der Waals surface area contributed by atoms with Crippen LogP contribution in [-0.2, 0) is 10.0 Å². The van der Waals surface area contributed by atoms with Gasteiger partial charge < -0.3 is 4.74 Å². The van der Waals surface area contributed by atoms with Crippen molar-refractivity contribution in [1.29, 1.82) is 0 Å². The lowest BCUT2D eigenvalue weighted by atomic mass is 9.96. The zero-order chi connectivity index (χ0) is 16.9. The molecular formula is C18H29NO3S. The fraction of sp³-hybridized carbons (Fsp3) is 0.667. The molecule has 1 fully saturated rings. The maximum atomic E-state index is 12.7. The third-order valence-corrected chi connectivity index (χ3v) is 6.18. The molecule has 0 saturated heterocycles. The molecule has 0 radical (unpaired) electrons. The Bertz CT molecular complexity index is 607. The van der Waals surface area contributed by atoms with E-state index in [-0.39, 0.29) is 12.0 Å². The smallest absolute Gasteiger partial charge is 0.240 e. The lowest BCUT2D eigenvalue weighted by Crippen LogP contribution is -2.36. The molecule has 0 amide bonds. The van der Waals surface area contributed by atoms with E-state index in [2.05, 4.69) is 18.6 Å². The van der Waals surface area contributed by atoms with Crippen molar-refractivity contribution in [2.45, 2.75) is 76.2 Å². The predicted octanol–water partition coefficient (Wildman–Crippen LogP) is 4.21. The van der Waals surface area contributed by atoms with Crippen LogP contribution in [0.5, 0.6) is 5.75 Å². The summed E-state index contributed by atoms with van der Waals surface area (Å²) in [6.45, 7) is 6.72. The number of sulfonamides is 1. The maximum Gasteiger partial charge on any atom is 0.240 e. The van der Waals surface area contributed by atoms with Gasteiger partial charge in [-0.25, -0.2) is 13.1 Å². The molecule has 1 aliphatic carbocycles. The van der Waals surface area contributed by atoms with E-state index >= 15 is 0 Å². The standard InChI is InChI=1S/C18H29NO3S/c1-4-14(3)17-13-16(11-12-18(17)22-5-2)23(20,21)19-15-9-7-6-8-10-15/h11-15,19H,4-10H2,1-3H3/t14-/m1/s1. The Balaban J connectivity index is 2.26. The zero-order valence-electron chi connectivity index (χ0n) is 14.5. The summed E-state index contributed by atoms with van der Waals surface area (Å²) in [5.74, 6) is 1.06. The Morgan fingerprint density at radius 1 is 1.22 bits per heavy atom. The van der Waals surface area contributed by atoms with E-state index < -0.39 is 10.0 Å². The highest BCUT2D eigenvalue weighted by Crippen LogP contribution is 2.31. The second-order valence-corrected chi connectivity index (χ2v) is 8.11. The van der Waals surface area contributed by atoms with E-state index in [0.29, 0.717) is 11.5 Å². The first-order valence-corrected chi connectivity index (χ1v) is 10.2. The van der Waals surface area contributed by atoms with Crippen LogP contribution < -0.4 is 9.46 Å².